The number of piperazine rings is 1. The van der Waals surface area contributed by atoms with E-state index in [1.165, 1.54) is 69.0 Å². The molecule has 7 aliphatic rings. The highest BCUT2D eigenvalue weighted by atomic mass is 16.2. The normalized spacial score (nSPS) is 35.8. The number of fused-ring (bicyclic) bond motifs is 3. The predicted molar refractivity (Wildman–Crippen MR) is 161 cm³/mol. The maximum atomic E-state index is 13.7. The van der Waals surface area contributed by atoms with Gasteiger partial charge in [0.1, 0.15) is 11.9 Å². The van der Waals surface area contributed by atoms with Gasteiger partial charge in [-0.15, -0.1) is 0 Å². The van der Waals surface area contributed by atoms with Gasteiger partial charge in [-0.1, -0.05) is 6.07 Å². The Hall–Kier alpha value is -2.78. The second-order valence-corrected chi connectivity index (χ2v) is 14.6. The average molecular weight is 573 g/mol. The third-order valence-corrected chi connectivity index (χ3v) is 11.9. The molecule has 9 nitrogen and oxygen atoms in total. The number of aryl methyl sites for hydroxylation is 1. The van der Waals surface area contributed by atoms with Gasteiger partial charge in [-0.25, -0.2) is 4.98 Å². The summed E-state index contributed by atoms with van der Waals surface area (Å²) in [4.78, 5) is 48.1. The van der Waals surface area contributed by atoms with Gasteiger partial charge in [-0.05, 0) is 107 Å². The second kappa shape index (κ2) is 10.2. The van der Waals surface area contributed by atoms with Crippen LogP contribution in [0.15, 0.2) is 23.0 Å². The molecule has 9 heteroatoms. The van der Waals surface area contributed by atoms with E-state index in [0.29, 0.717) is 40.6 Å². The fraction of sp³-hybridized carbons (Fsp3) is 0.697. The van der Waals surface area contributed by atoms with Crippen molar-refractivity contribution < 1.29 is 9.59 Å². The van der Waals surface area contributed by atoms with Crippen molar-refractivity contribution in [3.63, 3.8) is 0 Å². The number of amides is 2. The van der Waals surface area contributed by atoms with Crippen molar-refractivity contribution in [2.45, 2.75) is 89.3 Å². The summed E-state index contributed by atoms with van der Waals surface area (Å²) < 4.78 is 1.46. The number of anilines is 1. The summed E-state index contributed by atoms with van der Waals surface area (Å²) in [6.07, 6.45) is 12.4. The number of carbonyl (C=O) groups is 2. The molecule has 7 fully saturated rings. The SMILES string of the molecule is Cc1nc2cccc(NCCN3C[C@@H]4C[C@H]3CN4CCC34CC5CC(CC(C5)C3)C4)c2c(=O)n1C1CCC(=O)NC1=O. The Morgan fingerprint density at radius 3 is 2.31 bits per heavy atom. The van der Waals surface area contributed by atoms with E-state index in [1.54, 1.807) is 6.92 Å². The molecule has 1 aromatic heterocycles. The highest BCUT2D eigenvalue weighted by molar-refractivity contribution is 5.99. The van der Waals surface area contributed by atoms with Gasteiger partial charge in [-0.2, -0.15) is 0 Å². The zero-order valence-electron chi connectivity index (χ0n) is 24.8. The van der Waals surface area contributed by atoms with Crippen LogP contribution in [0, 0.1) is 30.1 Å². The molecule has 9 rings (SSSR count). The molecule has 4 heterocycles. The smallest absolute Gasteiger partial charge is 0.264 e. The summed E-state index contributed by atoms with van der Waals surface area (Å²) >= 11 is 0. The van der Waals surface area contributed by atoms with Crippen molar-refractivity contribution in [2.24, 2.45) is 23.2 Å². The minimum absolute atomic E-state index is 0.220. The molecule has 4 aliphatic carbocycles. The quantitative estimate of drug-likeness (QED) is 0.468. The number of nitrogens with zero attached hydrogens (tertiary/aromatic N) is 4. The molecule has 2 amide bonds. The van der Waals surface area contributed by atoms with Gasteiger partial charge in [0.05, 0.1) is 10.9 Å². The van der Waals surface area contributed by atoms with E-state index in [2.05, 4.69) is 25.4 Å². The summed E-state index contributed by atoms with van der Waals surface area (Å²) in [5.41, 5.74) is 1.82. The molecule has 1 aromatic carbocycles. The Balaban J connectivity index is 0.894. The third kappa shape index (κ3) is 4.58. The summed E-state index contributed by atoms with van der Waals surface area (Å²) in [6, 6.07) is 6.31. The maximum Gasteiger partial charge on any atom is 0.264 e. The lowest BCUT2D eigenvalue weighted by Gasteiger charge is -2.57. The highest BCUT2D eigenvalue weighted by Gasteiger charge is 2.51. The van der Waals surface area contributed by atoms with Crippen LogP contribution in [0.1, 0.15) is 76.1 Å². The van der Waals surface area contributed by atoms with Crippen molar-refractivity contribution in [3.8, 4) is 0 Å². The Morgan fingerprint density at radius 1 is 0.952 bits per heavy atom. The number of piperidine rings is 1. The lowest BCUT2D eigenvalue weighted by molar-refractivity contribution is -0.135. The molecule has 224 valence electrons. The fourth-order valence-electron chi connectivity index (χ4n) is 10.5. The van der Waals surface area contributed by atoms with Gasteiger partial charge >= 0.3 is 0 Å². The number of nitrogens with one attached hydrogen (secondary N) is 2. The molecule has 3 aliphatic heterocycles. The van der Waals surface area contributed by atoms with Crippen LogP contribution in [0.2, 0.25) is 0 Å². The number of likely N-dealkylation sites (tertiary alicyclic amines) is 2. The average Bonchev–Trinajstić information content (AvgIpc) is 3.53. The maximum absolute atomic E-state index is 13.7. The van der Waals surface area contributed by atoms with E-state index >= 15 is 0 Å². The first-order valence-corrected chi connectivity index (χ1v) is 16.4. The number of rotatable bonds is 8. The first-order valence-electron chi connectivity index (χ1n) is 16.4. The van der Waals surface area contributed by atoms with Crippen LogP contribution < -0.4 is 16.2 Å². The molecule has 1 unspecified atom stereocenters. The van der Waals surface area contributed by atoms with Crippen LogP contribution in [0.3, 0.4) is 0 Å². The van der Waals surface area contributed by atoms with E-state index in [-0.39, 0.29) is 17.9 Å². The minimum atomic E-state index is -0.716. The minimum Gasteiger partial charge on any atom is -0.383 e. The Kier molecular flexibility index (Phi) is 6.48. The van der Waals surface area contributed by atoms with Gasteiger partial charge in [0.25, 0.3) is 5.56 Å². The lowest BCUT2D eigenvalue weighted by atomic mass is 9.49. The predicted octanol–water partition coefficient (Wildman–Crippen LogP) is 3.46. The van der Waals surface area contributed by atoms with Crippen molar-refractivity contribution in [1.29, 1.82) is 0 Å². The number of carbonyl (C=O) groups excluding carboxylic acids is 2. The summed E-state index contributed by atoms with van der Waals surface area (Å²) in [7, 11) is 0. The molecule has 2 N–H and O–H groups in total. The molecule has 42 heavy (non-hydrogen) atoms. The molecule has 2 aromatic rings. The topological polar surface area (TPSA) is 99.6 Å². The Morgan fingerprint density at radius 2 is 1.64 bits per heavy atom. The highest BCUT2D eigenvalue weighted by Crippen LogP contribution is 2.61. The molecule has 3 atom stereocenters. The van der Waals surface area contributed by atoms with Crippen molar-refractivity contribution >= 4 is 28.4 Å². The monoisotopic (exact) mass is 572 g/mol. The van der Waals surface area contributed by atoms with Crippen molar-refractivity contribution in [2.75, 3.05) is 38.0 Å². The molecule has 0 radical (unpaired) electrons. The van der Waals surface area contributed by atoms with Crippen LogP contribution >= 0.6 is 0 Å². The number of hydrogen-bond donors (Lipinski definition) is 2. The van der Waals surface area contributed by atoms with Gasteiger partial charge in [0, 0.05) is 50.4 Å². The molecule has 4 saturated carbocycles. The van der Waals surface area contributed by atoms with Crippen LogP contribution in [-0.4, -0.2) is 76.0 Å². The van der Waals surface area contributed by atoms with Crippen LogP contribution in [0.25, 0.3) is 10.9 Å². The zero-order chi connectivity index (χ0) is 28.6. The van der Waals surface area contributed by atoms with E-state index in [1.807, 2.05) is 18.2 Å². The first kappa shape index (κ1) is 26.8. The molecule has 3 saturated heterocycles. The standard InChI is InChI=1S/C33H44N6O3/c1-20-35-27-4-2-3-26(30(27)32(42)39(20)28-5-6-29(40)36-31(28)41)34-8-10-38-19-24-14-25(38)18-37(24)9-7-33-15-21-11-22(16-33)13-23(12-21)17-33/h2-4,21-25,28,34H,5-19H2,1H3,(H,36,40,41)/t21?,22?,23?,24-,25-,28?,33?/m0/s1. The third-order valence-electron chi connectivity index (χ3n) is 11.9. The molecule has 0 spiro atoms. The van der Waals surface area contributed by atoms with E-state index in [9.17, 15) is 14.4 Å². The fourth-order valence-corrected chi connectivity index (χ4v) is 10.5. The van der Waals surface area contributed by atoms with E-state index < -0.39 is 11.9 Å². The van der Waals surface area contributed by atoms with Crippen molar-refractivity contribution in [3.05, 3.63) is 34.4 Å². The largest absolute Gasteiger partial charge is 0.383 e. The lowest BCUT2D eigenvalue weighted by Crippen LogP contribution is -2.50. The Bertz CT molecular complexity index is 1450. The molecular weight excluding hydrogens is 528 g/mol. The zero-order valence-corrected chi connectivity index (χ0v) is 24.8. The van der Waals surface area contributed by atoms with Crippen LogP contribution in [0.4, 0.5) is 5.69 Å². The van der Waals surface area contributed by atoms with Crippen LogP contribution in [0.5, 0.6) is 0 Å². The van der Waals surface area contributed by atoms with Crippen LogP contribution in [-0.2, 0) is 9.59 Å². The second-order valence-electron chi connectivity index (χ2n) is 14.6. The summed E-state index contributed by atoms with van der Waals surface area (Å²) in [5.74, 6) is 2.88. The first-order chi connectivity index (χ1) is 20.3. The van der Waals surface area contributed by atoms with Gasteiger partial charge in [0.15, 0.2) is 0 Å². The molecular formula is C33H44N6O3. The van der Waals surface area contributed by atoms with Gasteiger partial charge in [-0.3, -0.25) is 34.1 Å². The van der Waals surface area contributed by atoms with Gasteiger partial charge < -0.3 is 5.32 Å². The van der Waals surface area contributed by atoms with Gasteiger partial charge in [0.2, 0.25) is 11.8 Å². The number of imide groups is 1. The number of benzene rings is 1. The molecule has 6 bridgehead atoms. The summed E-state index contributed by atoms with van der Waals surface area (Å²) in [6.45, 7) is 7.08. The van der Waals surface area contributed by atoms with E-state index in [0.717, 1.165) is 43.1 Å². The summed E-state index contributed by atoms with van der Waals surface area (Å²) in [5, 5.41) is 6.41. The number of hydrogen-bond acceptors (Lipinski definition) is 7. The number of aromatic nitrogens is 2. The Labute approximate surface area is 247 Å². The van der Waals surface area contributed by atoms with E-state index in [4.69, 9.17) is 0 Å². The van der Waals surface area contributed by atoms with Crippen molar-refractivity contribution in [1.82, 2.24) is 24.7 Å².